The van der Waals surface area contributed by atoms with E-state index in [-0.39, 0.29) is 12.1 Å². The van der Waals surface area contributed by atoms with Gasteiger partial charge in [0.1, 0.15) is 0 Å². The summed E-state index contributed by atoms with van der Waals surface area (Å²) in [5.41, 5.74) is 1.21. The molecule has 0 fully saturated rings. The number of aromatic nitrogens is 1. The van der Waals surface area contributed by atoms with E-state index in [0.717, 1.165) is 16.2 Å². The Morgan fingerprint density at radius 2 is 1.85 bits per heavy atom. The number of fused-ring (bicyclic) bond motifs is 3. The fourth-order valence-corrected chi connectivity index (χ4v) is 2.36. The molecular weight excluding hydrogens is 250 g/mol. The lowest BCUT2D eigenvalue weighted by Crippen LogP contribution is -2.12. The number of pyridine rings is 1. The third-order valence-corrected chi connectivity index (χ3v) is 3.18. The molecule has 0 aliphatic rings. The summed E-state index contributed by atoms with van der Waals surface area (Å²) in [6, 6.07) is 13.7. The van der Waals surface area contributed by atoms with E-state index in [9.17, 15) is 4.79 Å². The summed E-state index contributed by atoms with van der Waals surface area (Å²) in [6.45, 7) is 3.68. The monoisotopic (exact) mass is 265 g/mol. The Balaban J connectivity index is 2.32. The molecule has 0 atom stereocenters. The van der Waals surface area contributed by atoms with Gasteiger partial charge in [-0.25, -0.2) is 4.79 Å². The zero-order chi connectivity index (χ0) is 14.1. The maximum absolute atomic E-state index is 12.3. The number of ether oxygens (including phenoxy) is 1. The molecule has 0 amide bonds. The van der Waals surface area contributed by atoms with Crippen LogP contribution in [-0.4, -0.2) is 17.1 Å². The first-order chi connectivity index (χ1) is 9.66. The lowest BCUT2D eigenvalue weighted by atomic mass is 10.0. The fraction of sp³-hybridized carbons (Fsp3) is 0.176. The SMILES string of the molecule is CC(C)OC(=O)c1cc2ccccc2c2cccnc12. The predicted molar refractivity (Wildman–Crippen MR) is 79.8 cm³/mol. The molecule has 2 aromatic carbocycles. The van der Waals surface area contributed by atoms with E-state index in [4.69, 9.17) is 4.74 Å². The number of carbonyl (C=O) groups is 1. The van der Waals surface area contributed by atoms with Crippen molar-refractivity contribution in [2.45, 2.75) is 20.0 Å². The molecule has 3 rings (SSSR count). The van der Waals surface area contributed by atoms with Crippen LogP contribution in [0.5, 0.6) is 0 Å². The topological polar surface area (TPSA) is 39.2 Å². The molecule has 0 radical (unpaired) electrons. The molecule has 20 heavy (non-hydrogen) atoms. The minimum atomic E-state index is -0.325. The molecule has 0 N–H and O–H groups in total. The van der Waals surface area contributed by atoms with Crippen molar-refractivity contribution in [3.05, 3.63) is 54.2 Å². The van der Waals surface area contributed by atoms with Crippen LogP contribution >= 0.6 is 0 Å². The van der Waals surface area contributed by atoms with E-state index in [1.165, 1.54) is 0 Å². The van der Waals surface area contributed by atoms with Crippen LogP contribution in [0.15, 0.2) is 48.7 Å². The van der Waals surface area contributed by atoms with E-state index in [0.29, 0.717) is 11.1 Å². The number of hydrogen-bond donors (Lipinski definition) is 0. The van der Waals surface area contributed by atoms with Crippen molar-refractivity contribution < 1.29 is 9.53 Å². The second-order valence-electron chi connectivity index (χ2n) is 5.00. The fourth-order valence-electron chi connectivity index (χ4n) is 2.36. The Labute approximate surface area is 117 Å². The average molecular weight is 265 g/mol. The van der Waals surface area contributed by atoms with Gasteiger partial charge >= 0.3 is 5.97 Å². The number of hydrogen-bond acceptors (Lipinski definition) is 3. The van der Waals surface area contributed by atoms with Crippen molar-refractivity contribution in [1.29, 1.82) is 0 Å². The highest BCUT2D eigenvalue weighted by Crippen LogP contribution is 2.27. The number of nitrogens with zero attached hydrogens (tertiary/aromatic N) is 1. The summed E-state index contributed by atoms with van der Waals surface area (Å²) in [5.74, 6) is -0.325. The molecule has 0 unspecified atom stereocenters. The molecule has 0 saturated carbocycles. The molecule has 0 bridgehead atoms. The molecule has 3 aromatic rings. The maximum Gasteiger partial charge on any atom is 0.340 e. The van der Waals surface area contributed by atoms with Gasteiger partial charge in [-0.15, -0.1) is 0 Å². The van der Waals surface area contributed by atoms with Gasteiger partial charge in [0.05, 0.1) is 17.2 Å². The Bertz CT molecular complexity index is 793. The molecule has 3 nitrogen and oxygen atoms in total. The van der Waals surface area contributed by atoms with Crippen LogP contribution in [0, 0.1) is 0 Å². The van der Waals surface area contributed by atoms with Gasteiger partial charge in [0.2, 0.25) is 0 Å². The molecular formula is C17H15NO2. The summed E-state index contributed by atoms with van der Waals surface area (Å²) in [5, 5.41) is 3.08. The third kappa shape index (κ3) is 2.11. The molecule has 0 aliphatic carbocycles. The molecule has 0 spiro atoms. The summed E-state index contributed by atoms with van der Waals surface area (Å²) in [4.78, 5) is 16.6. The van der Waals surface area contributed by atoms with Crippen LogP contribution in [0.4, 0.5) is 0 Å². The Kier molecular flexibility index (Phi) is 3.11. The zero-order valence-electron chi connectivity index (χ0n) is 11.5. The van der Waals surface area contributed by atoms with Crippen LogP contribution in [0.2, 0.25) is 0 Å². The van der Waals surface area contributed by atoms with Gasteiger partial charge in [-0.3, -0.25) is 4.98 Å². The van der Waals surface area contributed by atoms with Crippen molar-refractivity contribution in [3.63, 3.8) is 0 Å². The molecule has 0 saturated heterocycles. The number of rotatable bonds is 2. The van der Waals surface area contributed by atoms with Gasteiger partial charge in [-0.2, -0.15) is 0 Å². The van der Waals surface area contributed by atoms with Crippen molar-refractivity contribution in [2.75, 3.05) is 0 Å². The van der Waals surface area contributed by atoms with Gasteiger partial charge in [0.15, 0.2) is 0 Å². The van der Waals surface area contributed by atoms with E-state index >= 15 is 0 Å². The van der Waals surface area contributed by atoms with Crippen LogP contribution in [0.3, 0.4) is 0 Å². The highest BCUT2D eigenvalue weighted by molar-refractivity contribution is 6.14. The summed E-state index contributed by atoms with van der Waals surface area (Å²) >= 11 is 0. The quantitative estimate of drug-likeness (QED) is 0.520. The van der Waals surface area contributed by atoms with Crippen LogP contribution in [0.25, 0.3) is 21.7 Å². The summed E-state index contributed by atoms with van der Waals surface area (Å²) in [7, 11) is 0. The molecule has 3 heteroatoms. The minimum Gasteiger partial charge on any atom is -0.459 e. The second kappa shape index (κ2) is 4.93. The average Bonchev–Trinajstić information content (AvgIpc) is 2.45. The lowest BCUT2D eigenvalue weighted by molar-refractivity contribution is 0.0380. The van der Waals surface area contributed by atoms with Gasteiger partial charge in [-0.05, 0) is 36.8 Å². The third-order valence-electron chi connectivity index (χ3n) is 3.18. The van der Waals surface area contributed by atoms with Crippen LogP contribution < -0.4 is 0 Å². The lowest BCUT2D eigenvalue weighted by Gasteiger charge is -2.11. The number of carbonyl (C=O) groups excluding carboxylic acids is 1. The molecule has 1 heterocycles. The van der Waals surface area contributed by atoms with Crippen LogP contribution in [-0.2, 0) is 4.74 Å². The zero-order valence-corrected chi connectivity index (χ0v) is 11.5. The molecule has 100 valence electrons. The standard InChI is InChI=1S/C17H15NO2/c1-11(2)20-17(19)15-10-12-6-3-4-7-13(12)14-8-5-9-18-16(14)15/h3-11H,1-2H3. The molecule has 1 aromatic heterocycles. The van der Waals surface area contributed by atoms with Crippen molar-refractivity contribution in [1.82, 2.24) is 4.98 Å². The minimum absolute atomic E-state index is 0.146. The highest BCUT2D eigenvalue weighted by Gasteiger charge is 2.16. The first-order valence-electron chi connectivity index (χ1n) is 6.64. The molecule has 0 aliphatic heterocycles. The van der Waals surface area contributed by atoms with E-state index in [1.807, 2.05) is 56.3 Å². The first-order valence-corrected chi connectivity index (χ1v) is 6.64. The van der Waals surface area contributed by atoms with Crippen molar-refractivity contribution >= 4 is 27.6 Å². The first kappa shape index (κ1) is 12.6. The smallest absolute Gasteiger partial charge is 0.340 e. The van der Waals surface area contributed by atoms with E-state index in [1.54, 1.807) is 6.20 Å². The van der Waals surface area contributed by atoms with Crippen LogP contribution in [0.1, 0.15) is 24.2 Å². The Hall–Kier alpha value is -2.42. The summed E-state index contributed by atoms with van der Waals surface area (Å²) in [6.07, 6.45) is 1.55. The second-order valence-corrected chi connectivity index (χ2v) is 5.00. The van der Waals surface area contributed by atoms with Crippen molar-refractivity contribution in [3.8, 4) is 0 Å². The van der Waals surface area contributed by atoms with Crippen molar-refractivity contribution in [2.24, 2.45) is 0 Å². The maximum atomic E-state index is 12.3. The summed E-state index contributed by atoms with van der Waals surface area (Å²) < 4.78 is 5.31. The predicted octanol–water partition coefficient (Wildman–Crippen LogP) is 3.95. The number of benzene rings is 2. The van der Waals surface area contributed by atoms with Gasteiger partial charge in [0, 0.05) is 11.6 Å². The number of esters is 1. The Morgan fingerprint density at radius 1 is 1.10 bits per heavy atom. The van der Waals surface area contributed by atoms with Gasteiger partial charge < -0.3 is 4.74 Å². The van der Waals surface area contributed by atoms with E-state index in [2.05, 4.69) is 4.98 Å². The largest absolute Gasteiger partial charge is 0.459 e. The highest BCUT2D eigenvalue weighted by atomic mass is 16.5. The Morgan fingerprint density at radius 3 is 2.65 bits per heavy atom. The normalized spacial score (nSPS) is 11.2. The van der Waals surface area contributed by atoms with Gasteiger partial charge in [-0.1, -0.05) is 30.3 Å². The van der Waals surface area contributed by atoms with E-state index < -0.39 is 0 Å². The van der Waals surface area contributed by atoms with Gasteiger partial charge in [0.25, 0.3) is 0 Å².